The fourth-order valence-electron chi connectivity index (χ4n) is 3.85. The number of hydrogen-bond acceptors (Lipinski definition) is 6. The van der Waals surface area contributed by atoms with Crippen molar-refractivity contribution in [3.8, 4) is 11.5 Å². The highest BCUT2D eigenvalue weighted by atomic mass is 16.6. The van der Waals surface area contributed by atoms with E-state index in [-0.39, 0.29) is 18.2 Å². The molecule has 0 fully saturated rings. The van der Waals surface area contributed by atoms with E-state index < -0.39 is 4.92 Å². The average molecular weight is 484 g/mol. The summed E-state index contributed by atoms with van der Waals surface area (Å²) in [6.07, 6.45) is 4.06. The molecule has 1 aliphatic rings. The highest BCUT2D eigenvalue weighted by Gasteiger charge is 2.28. The first kappa shape index (κ1) is 24.4. The van der Waals surface area contributed by atoms with E-state index in [0.717, 1.165) is 16.7 Å². The highest BCUT2D eigenvalue weighted by molar-refractivity contribution is 6.32. The van der Waals surface area contributed by atoms with Gasteiger partial charge in [0.1, 0.15) is 6.61 Å². The number of nitro benzene ring substituents is 1. The van der Waals surface area contributed by atoms with Gasteiger partial charge in [0.25, 0.3) is 11.6 Å². The number of nitro groups is 1. The molecule has 0 N–H and O–H groups in total. The summed E-state index contributed by atoms with van der Waals surface area (Å²) < 4.78 is 11.7. The predicted molar refractivity (Wildman–Crippen MR) is 139 cm³/mol. The Kier molecular flexibility index (Phi) is 7.25. The Morgan fingerprint density at radius 1 is 1.11 bits per heavy atom. The van der Waals surface area contributed by atoms with Crippen LogP contribution in [0.4, 0.5) is 11.4 Å². The molecule has 0 atom stereocenters. The molecule has 0 saturated carbocycles. The molecule has 36 heavy (non-hydrogen) atoms. The van der Waals surface area contributed by atoms with Crippen LogP contribution >= 0.6 is 0 Å². The first-order chi connectivity index (χ1) is 17.4. The maximum Gasteiger partial charge on any atom is 0.280 e. The molecule has 0 aromatic heterocycles. The minimum absolute atomic E-state index is 0.0205. The molecule has 0 radical (unpaired) electrons. The third-order valence-corrected chi connectivity index (χ3v) is 5.64. The van der Waals surface area contributed by atoms with Gasteiger partial charge < -0.3 is 9.47 Å². The van der Waals surface area contributed by atoms with E-state index in [4.69, 9.17) is 9.47 Å². The van der Waals surface area contributed by atoms with Gasteiger partial charge in [-0.25, -0.2) is 0 Å². The van der Waals surface area contributed by atoms with Crippen LogP contribution in [0.25, 0.3) is 6.08 Å². The monoisotopic (exact) mass is 483 g/mol. The van der Waals surface area contributed by atoms with Crippen LogP contribution in [0.1, 0.15) is 23.6 Å². The fourth-order valence-corrected chi connectivity index (χ4v) is 3.85. The molecular weight excluding hydrogens is 458 g/mol. The van der Waals surface area contributed by atoms with Crippen molar-refractivity contribution in [2.24, 2.45) is 5.10 Å². The summed E-state index contributed by atoms with van der Waals surface area (Å²) in [6.45, 7) is 5.85. The number of non-ortho nitro benzene ring substituents is 1. The second kappa shape index (κ2) is 10.7. The van der Waals surface area contributed by atoms with Crippen LogP contribution in [0.3, 0.4) is 0 Å². The molecule has 0 saturated heterocycles. The van der Waals surface area contributed by atoms with Crippen molar-refractivity contribution in [2.45, 2.75) is 20.0 Å². The van der Waals surface area contributed by atoms with Crippen molar-refractivity contribution in [2.75, 3.05) is 12.1 Å². The van der Waals surface area contributed by atoms with E-state index in [1.54, 1.807) is 44.4 Å². The molecular formula is C28H25N3O5. The third-order valence-electron chi connectivity index (χ3n) is 5.64. The third kappa shape index (κ3) is 5.17. The van der Waals surface area contributed by atoms with E-state index in [0.29, 0.717) is 34.9 Å². The Hall–Kier alpha value is -4.72. The average Bonchev–Trinajstić information content (AvgIpc) is 3.17. The van der Waals surface area contributed by atoms with Crippen molar-refractivity contribution in [1.82, 2.24) is 0 Å². The van der Waals surface area contributed by atoms with Crippen molar-refractivity contribution in [3.05, 3.63) is 112 Å². The molecule has 3 aromatic rings. The maximum absolute atomic E-state index is 13.1. The summed E-state index contributed by atoms with van der Waals surface area (Å²) in [7, 11) is 1.55. The van der Waals surface area contributed by atoms with Crippen molar-refractivity contribution in [3.63, 3.8) is 0 Å². The summed E-state index contributed by atoms with van der Waals surface area (Å²) in [5.74, 6) is 0.844. The number of anilines is 1. The van der Waals surface area contributed by atoms with Crippen LogP contribution in [0.15, 0.2) is 90.1 Å². The van der Waals surface area contributed by atoms with Crippen LogP contribution < -0.4 is 14.5 Å². The van der Waals surface area contributed by atoms with Gasteiger partial charge in [0, 0.05) is 17.7 Å². The summed E-state index contributed by atoms with van der Waals surface area (Å²) in [6, 6.07) is 19.2. The Balaban J connectivity index is 1.62. The quantitative estimate of drug-likeness (QED) is 0.168. The largest absolute Gasteiger partial charge is 0.493 e. The van der Waals surface area contributed by atoms with Crippen molar-refractivity contribution < 1.29 is 19.2 Å². The van der Waals surface area contributed by atoms with Crippen molar-refractivity contribution >= 4 is 29.1 Å². The Morgan fingerprint density at radius 3 is 2.47 bits per heavy atom. The zero-order chi connectivity index (χ0) is 25.7. The number of rotatable bonds is 9. The number of ether oxygens (including phenoxy) is 2. The lowest BCUT2D eigenvalue weighted by Crippen LogP contribution is -2.21. The summed E-state index contributed by atoms with van der Waals surface area (Å²) in [4.78, 5) is 23.6. The van der Waals surface area contributed by atoms with Crippen LogP contribution in [-0.4, -0.2) is 23.7 Å². The fraction of sp³-hybridized carbons (Fsp3) is 0.143. The normalized spacial score (nSPS) is 14.1. The van der Waals surface area contributed by atoms with Gasteiger partial charge in [-0.1, -0.05) is 24.3 Å². The molecule has 0 unspecified atom stereocenters. The summed E-state index contributed by atoms with van der Waals surface area (Å²) in [5.41, 5.74) is 4.20. The number of carbonyl (C=O) groups is 1. The molecule has 0 bridgehead atoms. The van der Waals surface area contributed by atoms with Gasteiger partial charge >= 0.3 is 0 Å². The lowest BCUT2D eigenvalue weighted by Gasteiger charge is -2.16. The Labute approximate surface area is 208 Å². The smallest absolute Gasteiger partial charge is 0.280 e. The number of benzene rings is 3. The Morgan fingerprint density at radius 2 is 1.83 bits per heavy atom. The van der Waals surface area contributed by atoms with Gasteiger partial charge in [-0.05, 0) is 66.9 Å². The van der Waals surface area contributed by atoms with Gasteiger partial charge in [-0.15, -0.1) is 6.58 Å². The number of para-hydroxylation sites is 1. The molecule has 0 spiro atoms. The first-order valence-corrected chi connectivity index (χ1v) is 11.3. The second-order valence-electron chi connectivity index (χ2n) is 8.11. The molecule has 0 aliphatic carbocycles. The van der Waals surface area contributed by atoms with Crippen LogP contribution in [-0.2, 0) is 17.8 Å². The number of methoxy groups -OCH3 is 1. The molecule has 8 nitrogen and oxygen atoms in total. The van der Waals surface area contributed by atoms with Gasteiger partial charge in [-0.3, -0.25) is 14.9 Å². The van der Waals surface area contributed by atoms with E-state index in [9.17, 15) is 14.9 Å². The lowest BCUT2D eigenvalue weighted by molar-refractivity contribution is -0.384. The SMILES string of the molecule is C=CCc1cc(/C=C2/C(=O)N(c3ccccc3)N=C2C)cc(OC)c1OCc1ccc([N+](=O)[O-])cc1. The van der Waals surface area contributed by atoms with E-state index in [2.05, 4.69) is 11.7 Å². The number of hydrazone groups is 1. The van der Waals surface area contributed by atoms with Gasteiger partial charge in [0.2, 0.25) is 0 Å². The van der Waals surface area contributed by atoms with Crippen LogP contribution in [0.5, 0.6) is 11.5 Å². The minimum atomic E-state index is -0.441. The van der Waals surface area contributed by atoms with Crippen LogP contribution in [0, 0.1) is 10.1 Å². The van der Waals surface area contributed by atoms with Crippen LogP contribution in [0.2, 0.25) is 0 Å². The van der Waals surface area contributed by atoms with Gasteiger partial charge in [0.05, 0.1) is 29.0 Å². The van der Waals surface area contributed by atoms with E-state index >= 15 is 0 Å². The molecule has 8 heteroatoms. The zero-order valence-corrected chi connectivity index (χ0v) is 20.0. The molecule has 3 aromatic carbocycles. The Bertz CT molecular complexity index is 1360. The predicted octanol–water partition coefficient (Wildman–Crippen LogP) is 5.72. The molecule has 182 valence electrons. The van der Waals surface area contributed by atoms with E-state index in [1.165, 1.54) is 17.1 Å². The number of carbonyl (C=O) groups excluding carboxylic acids is 1. The number of nitrogens with zero attached hydrogens (tertiary/aromatic N) is 3. The molecule has 4 rings (SSSR count). The highest BCUT2D eigenvalue weighted by Crippen LogP contribution is 2.36. The first-order valence-electron chi connectivity index (χ1n) is 11.3. The van der Waals surface area contributed by atoms with Gasteiger partial charge in [0.15, 0.2) is 11.5 Å². The lowest BCUT2D eigenvalue weighted by atomic mass is 10.0. The number of allylic oxidation sites excluding steroid dienone is 1. The van der Waals surface area contributed by atoms with Gasteiger partial charge in [-0.2, -0.15) is 10.1 Å². The molecule has 1 aliphatic heterocycles. The maximum atomic E-state index is 13.1. The van der Waals surface area contributed by atoms with Crippen molar-refractivity contribution in [1.29, 1.82) is 0 Å². The summed E-state index contributed by atoms with van der Waals surface area (Å²) in [5, 5.41) is 16.7. The number of amides is 1. The zero-order valence-electron chi connectivity index (χ0n) is 20.0. The molecule has 1 heterocycles. The minimum Gasteiger partial charge on any atom is -0.493 e. The summed E-state index contributed by atoms with van der Waals surface area (Å²) >= 11 is 0. The number of hydrogen-bond donors (Lipinski definition) is 0. The second-order valence-corrected chi connectivity index (χ2v) is 8.11. The van der Waals surface area contributed by atoms with E-state index in [1.807, 2.05) is 36.4 Å². The molecule has 1 amide bonds. The standard InChI is InChI=1S/C28H25N3O5/c1-4-8-22-15-21(16-25-19(2)29-30(28(25)32)23-9-6-5-7-10-23)17-26(35-3)27(22)36-18-20-11-13-24(14-12-20)31(33)34/h4-7,9-17H,1,8,18H2,2-3H3/b25-16+. The topological polar surface area (TPSA) is 94.3 Å².